The van der Waals surface area contributed by atoms with Gasteiger partial charge in [-0.1, -0.05) is 50.3 Å². The number of benzene rings is 1. The minimum Gasteiger partial charge on any atom is -0.491 e. The van der Waals surface area contributed by atoms with Gasteiger partial charge in [0.1, 0.15) is 23.6 Å². The molecule has 2 atom stereocenters. The van der Waals surface area contributed by atoms with Crippen LogP contribution in [0.5, 0.6) is 0 Å². The third-order valence-corrected chi connectivity index (χ3v) is 5.93. The van der Waals surface area contributed by atoms with E-state index in [2.05, 4.69) is 48.5 Å². The Bertz CT molecular complexity index is 847. The number of carbonyl (C=O) groups excluding carboxylic acids is 1. The van der Waals surface area contributed by atoms with Gasteiger partial charge < -0.3 is 9.64 Å². The highest BCUT2D eigenvalue weighted by Crippen LogP contribution is 2.41. The van der Waals surface area contributed by atoms with Gasteiger partial charge in [-0.2, -0.15) is 5.26 Å². The number of allylic oxidation sites excluding steroid dienone is 2. The highest BCUT2D eigenvalue weighted by molar-refractivity contribution is 5.81. The zero-order valence-corrected chi connectivity index (χ0v) is 18.0. The molecular formula is C25H31N3O2. The fourth-order valence-corrected chi connectivity index (χ4v) is 4.22. The molecule has 1 aromatic carbocycles. The van der Waals surface area contributed by atoms with Crippen LogP contribution in [0.15, 0.2) is 59.4 Å². The van der Waals surface area contributed by atoms with Crippen molar-refractivity contribution >= 4 is 12.1 Å². The first kappa shape index (κ1) is 21.8. The summed E-state index contributed by atoms with van der Waals surface area (Å²) in [6.07, 6.45) is 8.52. The summed E-state index contributed by atoms with van der Waals surface area (Å²) in [5, 5.41) is 9.18. The standard InChI is InChI=1S/C25H31N3O2/c1-4-5-13-27-22(17-26)14-19(3)30-23-15-21(16-23)25(29)28-18(2)11-12-24(28)20-9-7-6-8-10-20/h6-10,13-14,18,21,23-24H,3-5,11-12,15-16H2,1-2H3/b22-14-,27-13?. The molecule has 2 aliphatic rings. The van der Waals surface area contributed by atoms with Crippen LogP contribution in [-0.2, 0) is 9.53 Å². The highest BCUT2D eigenvalue weighted by Gasteiger charge is 2.43. The number of amides is 1. The summed E-state index contributed by atoms with van der Waals surface area (Å²) in [5.41, 5.74) is 1.51. The molecule has 158 valence electrons. The molecule has 0 bridgehead atoms. The summed E-state index contributed by atoms with van der Waals surface area (Å²) < 4.78 is 5.84. The molecule has 1 saturated heterocycles. The average molecular weight is 406 g/mol. The van der Waals surface area contributed by atoms with Crippen LogP contribution in [-0.4, -0.2) is 29.2 Å². The predicted octanol–water partition coefficient (Wildman–Crippen LogP) is 5.33. The van der Waals surface area contributed by atoms with Crippen LogP contribution in [0.1, 0.15) is 64.0 Å². The van der Waals surface area contributed by atoms with Crippen LogP contribution in [0.4, 0.5) is 0 Å². The van der Waals surface area contributed by atoms with E-state index in [9.17, 15) is 10.1 Å². The van der Waals surface area contributed by atoms with Crippen LogP contribution in [0.25, 0.3) is 0 Å². The Morgan fingerprint density at radius 1 is 1.33 bits per heavy atom. The lowest BCUT2D eigenvalue weighted by Gasteiger charge is -2.39. The maximum Gasteiger partial charge on any atom is 0.226 e. The van der Waals surface area contributed by atoms with E-state index < -0.39 is 0 Å². The van der Waals surface area contributed by atoms with Crippen molar-refractivity contribution in [2.75, 3.05) is 0 Å². The maximum atomic E-state index is 13.2. The van der Waals surface area contributed by atoms with Crippen molar-refractivity contribution in [3.05, 3.63) is 60.0 Å². The summed E-state index contributed by atoms with van der Waals surface area (Å²) in [6, 6.07) is 12.8. The van der Waals surface area contributed by atoms with E-state index in [4.69, 9.17) is 4.74 Å². The van der Waals surface area contributed by atoms with E-state index in [1.807, 2.05) is 18.2 Å². The van der Waals surface area contributed by atoms with Crippen molar-refractivity contribution in [3.8, 4) is 6.07 Å². The molecule has 2 unspecified atom stereocenters. The van der Waals surface area contributed by atoms with E-state index in [1.165, 1.54) is 5.56 Å². The van der Waals surface area contributed by atoms with Gasteiger partial charge in [0.05, 0.1) is 6.04 Å². The topological polar surface area (TPSA) is 65.7 Å². The predicted molar refractivity (Wildman–Crippen MR) is 119 cm³/mol. The van der Waals surface area contributed by atoms with Crippen LogP contribution >= 0.6 is 0 Å². The largest absolute Gasteiger partial charge is 0.491 e. The van der Waals surface area contributed by atoms with Gasteiger partial charge in [0, 0.05) is 24.3 Å². The van der Waals surface area contributed by atoms with Gasteiger partial charge in [0.25, 0.3) is 0 Å². The minimum atomic E-state index is -0.0321. The third-order valence-electron chi connectivity index (χ3n) is 5.93. The second-order valence-corrected chi connectivity index (χ2v) is 8.21. The Balaban J connectivity index is 1.54. The van der Waals surface area contributed by atoms with Crippen molar-refractivity contribution in [2.45, 2.75) is 70.6 Å². The fourth-order valence-electron chi connectivity index (χ4n) is 4.22. The number of hydrogen-bond donors (Lipinski definition) is 0. The number of ether oxygens (including phenoxy) is 1. The molecule has 0 N–H and O–H groups in total. The zero-order chi connectivity index (χ0) is 21.5. The summed E-state index contributed by atoms with van der Waals surface area (Å²) in [6.45, 7) is 8.08. The fraction of sp³-hybridized carbons (Fsp3) is 0.480. The lowest BCUT2D eigenvalue weighted by molar-refractivity contribution is -0.145. The van der Waals surface area contributed by atoms with Crippen molar-refractivity contribution in [2.24, 2.45) is 10.9 Å². The molecule has 2 fully saturated rings. The lowest BCUT2D eigenvalue weighted by Crippen LogP contribution is -2.46. The number of carbonyl (C=O) groups is 1. The second-order valence-electron chi connectivity index (χ2n) is 8.21. The molecule has 30 heavy (non-hydrogen) atoms. The van der Waals surface area contributed by atoms with Gasteiger partial charge in [0.15, 0.2) is 0 Å². The van der Waals surface area contributed by atoms with E-state index in [-0.39, 0.29) is 35.7 Å². The number of nitriles is 1. The number of nitrogens with zero attached hydrogens (tertiary/aromatic N) is 3. The monoisotopic (exact) mass is 405 g/mol. The number of aliphatic imine (C=N–C) groups is 1. The van der Waals surface area contributed by atoms with E-state index in [0.717, 1.165) is 25.7 Å². The van der Waals surface area contributed by atoms with Crippen LogP contribution in [0.3, 0.4) is 0 Å². The SMILES string of the molecule is C=C(/C=C(/C#N)N=CCCC)OC1CC(C(=O)N2C(C)CCC2c2ccccc2)C1. The van der Waals surface area contributed by atoms with Crippen molar-refractivity contribution in [1.82, 2.24) is 4.90 Å². The summed E-state index contributed by atoms with van der Waals surface area (Å²) in [7, 11) is 0. The maximum absolute atomic E-state index is 13.2. The van der Waals surface area contributed by atoms with Crippen molar-refractivity contribution in [3.63, 3.8) is 0 Å². The van der Waals surface area contributed by atoms with Gasteiger partial charge >= 0.3 is 0 Å². The summed E-state index contributed by atoms with van der Waals surface area (Å²) >= 11 is 0. The smallest absolute Gasteiger partial charge is 0.226 e. The Kier molecular flexibility index (Phi) is 7.46. The van der Waals surface area contributed by atoms with Gasteiger partial charge in [-0.25, -0.2) is 4.99 Å². The van der Waals surface area contributed by atoms with E-state index >= 15 is 0 Å². The molecule has 0 spiro atoms. The molecule has 1 amide bonds. The summed E-state index contributed by atoms with van der Waals surface area (Å²) in [4.78, 5) is 19.4. The number of unbranched alkanes of at least 4 members (excludes halogenated alkanes) is 1. The molecule has 5 nitrogen and oxygen atoms in total. The Hall–Kier alpha value is -2.87. The molecule has 1 aromatic rings. The Morgan fingerprint density at radius 2 is 2.07 bits per heavy atom. The van der Waals surface area contributed by atoms with Gasteiger partial charge in [-0.15, -0.1) is 0 Å². The molecule has 3 rings (SSSR count). The van der Waals surface area contributed by atoms with Crippen LogP contribution < -0.4 is 0 Å². The zero-order valence-electron chi connectivity index (χ0n) is 18.0. The molecular weight excluding hydrogens is 374 g/mol. The quantitative estimate of drug-likeness (QED) is 0.254. The lowest BCUT2D eigenvalue weighted by atomic mass is 9.80. The number of likely N-dealkylation sites (tertiary alicyclic amines) is 1. The Morgan fingerprint density at radius 3 is 2.73 bits per heavy atom. The van der Waals surface area contributed by atoms with Gasteiger partial charge in [0.2, 0.25) is 5.91 Å². The summed E-state index contributed by atoms with van der Waals surface area (Å²) in [5.74, 6) is 0.654. The average Bonchev–Trinajstić information content (AvgIpc) is 3.11. The molecule has 0 radical (unpaired) electrons. The number of rotatable bonds is 8. The molecule has 5 heteroatoms. The molecule has 1 aliphatic carbocycles. The number of hydrogen-bond acceptors (Lipinski definition) is 4. The van der Waals surface area contributed by atoms with E-state index in [1.54, 1.807) is 12.3 Å². The first-order valence-electron chi connectivity index (χ1n) is 10.9. The van der Waals surface area contributed by atoms with Crippen molar-refractivity contribution < 1.29 is 9.53 Å². The first-order chi connectivity index (χ1) is 14.5. The van der Waals surface area contributed by atoms with E-state index in [0.29, 0.717) is 18.6 Å². The van der Waals surface area contributed by atoms with Crippen molar-refractivity contribution in [1.29, 1.82) is 5.26 Å². The molecule has 1 aliphatic heterocycles. The highest BCUT2D eigenvalue weighted by atomic mass is 16.5. The molecule has 0 aromatic heterocycles. The molecule has 1 saturated carbocycles. The third kappa shape index (κ3) is 5.18. The Labute approximate surface area is 179 Å². The van der Waals surface area contributed by atoms with Gasteiger partial charge in [-0.05, 0) is 44.6 Å². The van der Waals surface area contributed by atoms with Gasteiger partial charge in [-0.3, -0.25) is 4.79 Å². The normalized spacial score (nSPS) is 26.3. The second kappa shape index (κ2) is 10.2. The van der Waals surface area contributed by atoms with Crippen LogP contribution in [0, 0.1) is 17.2 Å². The first-order valence-corrected chi connectivity index (χ1v) is 10.9. The molecule has 1 heterocycles. The minimum absolute atomic E-state index is 0.00319. The van der Waals surface area contributed by atoms with Crippen LogP contribution in [0.2, 0.25) is 0 Å².